The van der Waals surface area contributed by atoms with Gasteiger partial charge in [-0.1, -0.05) is 6.08 Å². The third-order valence-corrected chi connectivity index (χ3v) is 2.80. The number of aliphatic hydroxyl groups is 1. The van der Waals surface area contributed by atoms with Gasteiger partial charge in [0.05, 0.1) is 32.1 Å². The lowest BCUT2D eigenvalue weighted by molar-refractivity contribution is 0.0217. The second kappa shape index (κ2) is 10.6. The Kier molecular flexibility index (Phi) is 8.98. The smallest absolute Gasteiger partial charge is 0.117 e. The van der Waals surface area contributed by atoms with E-state index in [-0.39, 0.29) is 0 Å². The molecule has 1 heterocycles. The summed E-state index contributed by atoms with van der Waals surface area (Å²) in [6, 6.07) is 3.80. The summed E-state index contributed by atoms with van der Waals surface area (Å²) in [5, 5.41) is 9.97. The van der Waals surface area contributed by atoms with Gasteiger partial charge in [-0.25, -0.2) is 0 Å². The summed E-state index contributed by atoms with van der Waals surface area (Å²) in [6.45, 7) is 7.11. The number of hydrogen-bond acceptors (Lipinski definition) is 5. The van der Waals surface area contributed by atoms with Crippen LogP contribution in [0.3, 0.4) is 0 Å². The molecule has 0 amide bonds. The molecule has 5 nitrogen and oxygen atoms in total. The van der Waals surface area contributed by atoms with Crippen molar-refractivity contribution in [2.45, 2.75) is 19.1 Å². The third-order valence-electron chi connectivity index (χ3n) is 2.80. The van der Waals surface area contributed by atoms with Crippen molar-refractivity contribution in [3.8, 4) is 0 Å². The number of furan rings is 1. The molecule has 1 N–H and O–H groups in total. The van der Waals surface area contributed by atoms with Crippen molar-refractivity contribution < 1.29 is 19.0 Å². The maximum Gasteiger partial charge on any atom is 0.117 e. The first-order valence-corrected chi connectivity index (χ1v) is 6.86. The van der Waals surface area contributed by atoms with Crippen LogP contribution in [-0.2, 0) is 16.0 Å². The molecular weight excluding hydrogens is 258 g/mol. The summed E-state index contributed by atoms with van der Waals surface area (Å²) < 4.78 is 15.7. The minimum atomic E-state index is -0.521. The standard InChI is InChI=1S/C15H25NO4/c1-3-8-19-13-14(17)11-16(7-5-9-18-2)12-15-6-4-10-20-15/h3-4,6,10,14,17H,1,5,7-9,11-13H2,2H3. The summed E-state index contributed by atoms with van der Waals surface area (Å²) in [7, 11) is 1.69. The number of ether oxygens (including phenoxy) is 2. The van der Waals surface area contributed by atoms with Gasteiger partial charge in [-0.2, -0.15) is 0 Å². The van der Waals surface area contributed by atoms with Gasteiger partial charge < -0.3 is 19.0 Å². The molecule has 0 aliphatic heterocycles. The van der Waals surface area contributed by atoms with E-state index in [0.29, 0.717) is 32.9 Å². The minimum absolute atomic E-state index is 0.310. The first-order chi connectivity index (χ1) is 9.76. The highest BCUT2D eigenvalue weighted by Crippen LogP contribution is 2.07. The fourth-order valence-corrected chi connectivity index (χ4v) is 1.93. The number of nitrogens with zero attached hydrogens (tertiary/aromatic N) is 1. The van der Waals surface area contributed by atoms with Crippen LogP contribution in [0.5, 0.6) is 0 Å². The Morgan fingerprint density at radius 2 is 2.40 bits per heavy atom. The molecule has 0 aliphatic carbocycles. The maximum atomic E-state index is 9.97. The lowest BCUT2D eigenvalue weighted by Crippen LogP contribution is -2.35. The molecule has 0 saturated heterocycles. The Balaban J connectivity index is 2.37. The molecule has 0 aliphatic rings. The number of hydrogen-bond donors (Lipinski definition) is 1. The van der Waals surface area contributed by atoms with Crippen molar-refractivity contribution in [2.24, 2.45) is 0 Å². The Hall–Kier alpha value is -1.14. The van der Waals surface area contributed by atoms with Crippen molar-refractivity contribution in [3.05, 3.63) is 36.8 Å². The predicted molar refractivity (Wildman–Crippen MR) is 77.5 cm³/mol. The Morgan fingerprint density at radius 3 is 3.05 bits per heavy atom. The fourth-order valence-electron chi connectivity index (χ4n) is 1.93. The van der Waals surface area contributed by atoms with Crippen molar-refractivity contribution in [1.82, 2.24) is 4.90 Å². The molecule has 1 unspecified atom stereocenters. The molecule has 1 aromatic heterocycles. The second-order valence-corrected chi connectivity index (χ2v) is 4.64. The van der Waals surface area contributed by atoms with Gasteiger partial charge >= 0.3 is 0 Å². The largest absolute Gasteiger partial charge is 0.468 e. The molecule has 114 valence electrons. The van der Waals surface area contributed by atoms with Crippen molar-refractivity contribution in [3.63, 3.8) is 0 Å². The summed E-state index contributed by atoms with van der Waals surface area (Å²) in [4.78, 5) is 2.14. The zero-order chi connectivity index (χ0) is 14.6. The topological polar surface area (TPSA) is 55.1 Å². The molecule has 0 saturated carbocycles. The summed E-state index contributed by atoms with van der Waals surface area (Å²) in [5.41, 5.74) is 0. The molecule has 0 aromatic carbocycles. The van der Waals surface area contributed by atoms with Crippen molar-refractivity contribution in [2.75, 3.05) is 40.0 Å². The van der Waals surface area contributed by atoms with Gasteiger partial charge in [-0.3, -0.25) is 4.90 Å². The van der Waals surface area contributed by atoms with Crippen molar-refractivity contribution >= 4 is 0 Å². The van der Waals surface area contributed by atoms with Crippen LogP contribution in [-0.4, -0.2) is 56.1 Å². The van der Waals surface area contributed by atoms with E-state index in [0.717, 1.165) is 18.7 Å². The highest BCUT2D eigenvalue weighted by molar-refractivity contribution is 4.97. The van der Waals surface area contributed by atoms with Gasteiger partial charge in [0.2, 0.25) is 0 Å². The van der Waals surface area contributed by atoms with Crippen LogP contribution >= 0.6 is 0 Å². The zero-order valence-corrected chi connectivity index (χ0v) is 12.2. The summed E-state index contributed by atoms with van der Waals surface area (Å²) >= 11 is 0. The number of rotatable bonds is 12. The Morgan fingerprint density at radius 1 is 1.55 bits per heavy atom. The van der Waals surface area contributed by atoms with E-state index in [1.807, 2.05) is 12.1 Å². The first kappa shape index (κ1) is 16.9. The Bertz CT molecular complexity index is 340. The normalized spacial score (nSPS) is 12.8. The summed E-state index contributed by atoms with van der Waals surface area (Å²) in [5.74, 6) is 0.890. The molecule has 0 bridgehead atoms. The molecule has 0 spiro atoms. The molecule has 0 radical (unpaired) electrons. The lowest BCUT2D eigenvalue weighted by atomic mass is 10.3. The van der Waals surface area contributed by atoms with Gasteiger partial charge in [-0.05, 0) is 18.6 Å². The maximum absolute atomic E-state index is 9.97. The third kappa shape index (κ3) is 7.45. The van der Waals surface area contributed by atoms with Crippen LogP contribution in [0.2, 0.25) is 0 Å². The van der Waals surface area contributed by atoms with E-state index in [2.05, 4.69) is 11.5 Å². The van der Waals surface area contributed by atoms with Crippen LogP contribution < -0.4 is 0 Å². The highest BCUT2D eigenvalue weighted by Gasteiger charge is 2.13. The van der Waals surface area contributed by atoms with Crippen LogP contribution in [0.4, 0.5) is 0 Å². The van der Waals surface area contributed by atoms with E-state index in [1.165, 1.54) is 0 Å². The minimum Gasteiger partial charge on any atom is -0.468 e. The van der Waals surface area contributed by atoms with Gasteiger partial charge in [0.1, 0.15) is 5.76 Å². The van der Waals surface area contributed by atoms with E-state index in [9.17, 15) is 5.11 Å². The molecule has 1 aromatic rings. The number of aliphatic hydroxyl groups excluding tert-OH is 1. The SMILES string of the molecule is C=CCOCC(O)CN(CCCOC)Cc1ccco1. The van der Waals surface area contributed by atoms with E-state index in [1.54, 1.807) is 19.4 Å². The van der Waals surface area contributed by atoms with Gasteiger partial charge in [0, 0.05) is 26.8 Å². The first-order valence-electron chi connectivity index (χ1n) is 6.86. The van der Waals surface area contributed by atoms with E-state index >= 15 is 0 Å². The lowest BCUT2D eigenvalue weighted by Gasteiger charge is -2.24. The monoisotopic (exact) mass is 283 g/mol. The van der Waals surface area contributed by atoms with Gasteiger partial charge in [-0.15, -0.1) is 6.58 Å². The molecule has 20 heavy (non-hydrogen) atoms. The van der Waals surface area contributed by atoms with Gasteiger partial charge in [0.25, 0.3) is 0 Å². The summed E-state index contributed by atoms with van der Waals surface area (Å²) in [6.07, 6.45) is 3.72. The highest BCUT2D eigenvalue weighted by atomic mass is 16.5. The second-order valence-electron chi connectivity index (χ2n) is 4.64. The molecule has 0 fully saturated rings. The van der Waals surface area contributed by atoms with E-state index in [4.69, 9.17) is 13.9 Å². The molecule has 1 atom stereocenters. The predicted octanol–water partition coefficient (Wildman–Crippen LogP) is 1.68. The molecule has 5 heteroatoms. The number of methoxy groups -OCH3 is 1. The van der Waals surface area contributed by atoms with Crippen molar-refractivity contribution in [1.29, 1.82) is 0 Å². The fraction of sp³-hybridized carbons (Fsp3) is 0.600. The average molecular weight is 283 g/mol. The average Bonchev–Trinajstić information content (AvgIpc) is 2.92. The van der Waals surface area contributed by atoms with Crippen LogP contribution in [0.15, 0.2) is 35.5 Å². The zero-order valence-electron chi connectivity index (χ0n) is 12.2. The quantitative estimate of drug-likeness (QED) is 0.467. The van der Waals surface area contributed by atoms with Crippen LogP contribution in [0, 0.1) is 0 Å². The molecule has 1 rings (SSSR count). The Labute approximate surface area is 120 Å². The van der Waals surface area contributed by atoms with E-state index < -0.39 is 6.10 Å². The molecular formula is C15H25NO4. The van der Waals surface area contributed by atoms with Crippen LogP contribution in [0.25, 0.3) is 0 Å². The van der Waals surface area contributed by atoms with Crippen LogP contribution in [0.1, 0.15) is 12.2 Å². The van der Waals surface area contributed by atoms with Gasteiger partial charge in [0.15, 0.2) is 0 Å².